The van der Waals surface area contributed by atoms with Crippen molar-refractivity contribution < 1.29 is 27.4 Å². The van der Waals surface area contributed by atoms with Crippen LogP contribution in [0.25, 0.3) is 0 Å². The number of imide groups is 1. The summed E-state index contributed by atoms with van der Waals surface area (Å²) in [5.41, 5.74) is 11.3. The fourth-order valence-corrected chi connectivity index (χ4v) is 3.58. The maximum absolute atomic E-state index is 12.9. The second-order valence-corrected chi connectivity index (χ2v) is 6.98. The zero-order valence-electron chi connectivity index (χ0n) is 13.4. The Bertz CT molecular complexity index is 816. The molecule has 5 N–H and O–H groups in total. The number of hydrogen-bond acceptors (Lipinski definition) is 7. The number of nitrogens with two attached hydrogens (primary N) is 2. The molecule has 3 amide bonds. The molecule has 0 spiro atoms. The fourth-order valence-electron chi connectivity index (χ4n) is 2.90. The van der Waals surface area contributed by atoms with Crippen molar-refractivity contribution in [3.05, 3.63) is 30.3 Å². The molecular weight excluding hydrogens is 375 g/mol. The van der Waals surface area contributed by atoms with Gasteiger partial charge in [0.1, 0.15) is 24.8 Å². The van der Waals surface area contributed by atoms with E-state index in [0.29, 0.717) is 0 Å². The van der Waals surface area contributed by atoms with Crippen LogP contribution in [0.2, 0.25) is 0 Å². The molecule has 2 rings (SSSR count). The molecule has 0 saturated carbocycles. The standard InChI is InChI=1S/C14H18N4O6S.Na.H/c1-9(16)14(21)18(12(19)7-15,10-5-3-2-4-6-10)11-8-17(13(11)20)25(22,23)24;;/h2-6,9,11H,7-8,15-16H2,1H3;;/p+1/t9-,11?,18?;;/m1../s1. The first kappa shape index (κ1) is 22.9. The number of rotatable bonds is 5. The summed E-state index contributed by atoms with van der Waals surface area (Å²) in [5, 5.41) is 0. The Hall–Kier alpha value is -1.18. The summed E-state index contributed by atoms with van der Waals surface area (Å²) < 4.78 is 30.5. The van der Waals surface area contributed by atoms with E-state index in [-0.39, 0.29) is 39.5 Å². The van der Waals surface area contributed by atoms with Gasteiger partial charge in [0, 0.05) is 12.1 Å². The van der Waals surface area contributed by atoms with Crippen LogP contribution in [0.3, 0.4) is 0 Å². The van der Waals surface area contributed by atoms with E-state index in [1.165, 1.54) is 19.1 Å². The topological polar surface area (TPSA) is 161 Å². The van der Waals surface area contributed by atoms with Gasteiger partial charge in [0.15, 0.2) is 0 Å². The molecule has 1 fully saturated rings. The molecule has 1 heterocycles. The molecule has 12 heteroatoms. The number of nitrogens with zero attached hydrogens (tertiary/aromatic N) is 2. The molecule has 1 aliphatic heterocycles. The van der Waals surface area contributed by atoms with Crippen LogP contribution in [-0.2, 0) is 24.7 Å². The average molecular weight is 395 g/mol. The van der Waals surface area contributed by atoms with Gasteiger partial charge in [-0.15, -0.1) is 0 Å². The number of carbonyl (C=O) groups excluding carboxylic acids is 3. The third kappa shape index (κ3) is 3.62. The van der Waals surface area contributed by atoms with Crippen molar-refractivity contribution in [2.45, 2.75) is 19.0 Å². The first-order valence-electron chi connectivity index (χ1n) is 7.35. The van der Waals surface area contributed by atoms with Crippen LogP contribution in [0.1, 0.15) is 6.92 Å². The predicted octanol–water partition coefficient (Wildman–Crippen LogP) is -2.28. The molecule has 0 bridgehead atoms. The Labute approximate surface area is 172 Å². The van der Waals surface area contributed by atoms with Crippen molar-refractivity contribution in [3.8, 4) is 0 Å². The Balaban J connectivity index is 0.00000338. The van der Waals surface area contributed by atoms with Crippen molar-refractivity contribution in [2.75, 3.05) is 13.1 Å². The monoisotopic (exact) mass is 395 g/mol. The van der Waals surface area contributed by atoms with E-state index < -0.39 is 57.7 Å². The van der Waals surface area contributed by atoms with Gasteiger partial charge in [-0.2, -0.15) is 12.9 Å². The summed E-state index contributed by atoms with van der Waals surface area (Å²) in [6.45, 7) is 0.242. The quantitative estimate of drug-likeness (QED) is 0.217. The van der Waals surface area contributed by atoms with Gasteiger partial charge < -0.3 is 11.5 Å². The Kier molecular flexibility index (Phi) is 7.24. The molecule has 0 aliphatic carbocycles. The van der Waals surface area contributed by atoms with Crippen LogP contribution in [0.5, 0.6) is 0 Å². The summed E-state index contributed by atoms with van der Waals surface area (Å²) in [7, 11) is -4.78. The van der Waals surface area contributed by atoms with Gasteiger partial charge in [0.05, 0.1) is 0 Å². The van der Waals surface area contributed by atoms with Gasteiger partial charge in [-0.3, -0.25) is 9.35 Å². The number of β-lactam (4-membered cyclic amide) rings is 1. The Morgan fingerprint density at radius 1 is 1.35 bits per heavy atom. The number of carbonyl (C=O) groups is 3. The summed E-state index contributed by atoms with van der Waals surface area (Å²) >= 11 is 0. The number of quaternary nitrogens is 1. The molecule has 0 aromatic heterocycles. The van der Waals surface area contributed by atoms with E-state index in [4.69, 9.17) is 16.0 Å². The summed E-state index contributed by atoms with van der Waals surface area (Å²) in [6.07, 6.45) is 0. The van der Waals surface area contributed by atoms with Gasteiger partial charge >= 0.3 is 51.7 Å². The maximum atomic E-state index is 12.9. The summed E-state index contributed by atoms with van der Waals surface area (Å²) in [6, 6.07) is 5.18. The molecule has 0 radical (unpaired) electrons. The average Bonchev–Trinajstić information content (AvgIpc) is 2.55. The number of hydrogen-bond donors (Lipinski definition) is 3. The number of amides is 3. The minimum atomic E-state index is -4.78. The third-order valence-corrected chi connectivity index (χ3v) is 4.97. The van der Waals surface area contributed by atoms with Crippen LogP contribution >= 0.6 is 0 Å². The second kappa shape index (κ2) is 8.23. The minimum absolute atomic E-state index is 0. The number of benzene rings is 1. The molecule has 138 valence electrons. The molecule has 3 atom stereocenters. The van der Waals surface area contributed by atoms with Crippen molar-refractivity contribution in [3.63, 3.8) is 0 Å². The van der Waals surface area contributed by atoms with Gasteiger partial charge in [0.2, 0.25) is 6.04 Å². The van der Waals surface area contributed by atoms with Crippen molar-refractivity contribution in [2.24, 2.45) is 11.5 Å². The van der Waals surface area contributed by atoms with Gasteiger partial charge in [0.25, 0.3) is 5.91 Å². The Morgan fingerprint density at radius 3 is 2.27 bits per heavy atom. The van der Waals surface area contributed by atoms with Crippen molar-refractivity contribution >= 4 is 63.3 Å². The number of para-hydroxylation sites is 1. The van der Waals surface area contributed by atoms with E-state index in [0.717, 1.165) is 0 Å². The first-order chi connectivity index (χ1) is 11.6. The molecule has 2 unspecified atom stereocenters. The van der Waals surface area contributed by atoms with E-state index >= 15 is 0 Å². The molecular formula is C14H20N4NaO6S+. The normalized spacial score (nSPS) is 20.4. The van der Waals surface area contributed by atoms with Gasteiger partial charge in [-0.05, 0) is 6.92 Å². The van der Waals surface area contributed by atoms with Gasteiger partial charge in [-0.1, -0.05) is 18.2 Å². The van der Waals surface area contributed by atoms with Crippen molar-refractivity contribution in [1.82, 2.24) is 8.79 Å². The molecule has 1 aromatic carbocycles. The molecule has 1 saturated heterocycles. The third-order valence-electron chi connectivity index (χ3n) is 4.08. The first-order valence-corrected chi connectivity index (χ1v) is 8.75. The van der Waals surface area contributed by atoms with E-state index in [2.05, 4.69) is 0 Å². The molecule has 1 aromatic rings. The van der Waals surface area contributed by atoms with Crippen LogP contribution in [-0.4, -0.2) is 89.7 Å². The SMILES string of the molecule is C[C@@H](N)C(=O)[N+](C(=O)CN)(c1ccccc1)C1CN(S(=O)(=O)O)C1=O.[NaH]. The summed E-state index contributed by atoms with van der Waals surface area (Å²) in [4.78, 5) is 38.0. The predicted molar refractivity (Wildman–Crippen MR) is 95.2 cm³/mol. The zero-order valence-corrected chi connectivity index (χ0v) is 14.2. The van der Waals surface area contributed by atoms with Crippen LogP contribution in [0.15, 0.2) is 30.3 Å². The fraction of sp³-hybridized carbons (Fsp3) is 0.357. The summed E-state index contributed by atoms with van der Waals surface area (Å²) in [5.74, 6) is -2.68. The zero-order chi connectivity index (χ0) is 19.0. The van der Waals surface area contributed by atoms with Gasteiger partial charge in [-0.25, -0.2) is 13.9 Å². The second-order valence-electron chi connectivity index (χ2n) is 5.65. The van der Waals surface area contributed by atoms with Crippen LogP contribution in [0.4, 0.5) is 5.69 Å². The Morgan fingerprint density at radius 2 is 1.88 bits per heavy atom. The molecule has 10 nitrogen and oxygen atoms in total. The van der Waals surface area contributed by atoms with Crippen LogP contribution < -0.4 is 16.0 Å². The van der Waals surface area contributed by atoms with E-state index in [1.54, 1.807) is 18.2 Å². The van der Waals surface area contributed by atoms with Crippen molar-refractivity contribution in [1.29, 1.82) is 0 Å². The molecule has 26 heavy (non-hydrogen) atoms. The van der Waals surface area contributed by atoms with E-state index in [1.807, 2.05) is 0 Å². The molecule has 1 aliphatic rings. The van der Waals surface area contributed by atoms with E-state index in [9.17, 15) is 22.8 Å². The van der Waals surface area contributed by atoms with Crippen LogP contribution in [0, 0.1) is 0 Å².